The number of thioether (sulfide) groups is 1. The van der Waals surface area contributed by atoms with Crippen molar-refractivity contribution in [2.75, 3.05) is 17.6 Å². The van der Waals surface area contributed by atoms with Gasteiger partial charge in [0.15, 0.2) is 0 Å². The molecule has 0 aromatic carbocycles. The molecule has 54 valence electrons. The van der Waals surface area contributed by atoms with Crippen LogP contribution >= 0.6 is 27.7 Å². The second-order valence-corrected chi connectivity index (χ2v) is 3.87. The topological polar surface area (TPSA) is 40.7 Å². The van der Waals surface area contributed by atoms with Crippen molar-refractivity contribution in [1.82, 2.24) is 10.2 Å². The molecule has 5 heteroatoms. The van der Waals surface area contributed by atoms with Crippen molar-refractivity contribution in [2.45, 2.75) is 5.03 Å². The fraction of sp³-hybridized carbons (Fsp3) is 0.400. The summed E-state index contributed by atoms with van der Waals surface area (Å²) in [6.45, 7) is 1.02. The summed E-state index contributed by atoms with van der Waals surface area (Å²) >= 11 is 5.13. The number of halogens is 1. The van der Waals surface area contributed by atoms with Crippen molar-refractivity contribution in [3.63, 3.8) is 0 Å². The lowest BCUT2D eigenvalue weighted by Crippen LogP contribution is -2.08. The summed E-state index contributed by atoms with van der Waals surface area (Å²) in [6, 6.07) is 0. The molecule has 1 aliphatic heterocycles. The maximum atomic E-state index is 4.08. The van der Waals surface area contributed by atoms with Crippen LogP contribution in [0.2, 0.25) is 0 Å². The summed E-state index contributed by atoms with van der Waals surface area (Å²) in [5.74, 6) is 1.10. The SMILES string of the molecule is Brc1[nH]nc2c1NCCS2. The minimum absolute atomic E-state index is 0.953. The zero-order valence-corrected chi connectivity index (χ0v) is 7.55. The Balaban J connectivity index is 2.45. The summed E-state index contributed by atoms with van der Waals surface area (Å²) in [7, 11) is 0. The van der Waals surface area contributed by atoms with Crippen molar-refractivity contribution >= 4 is 33.4 Å². The third-order valence-electron chi connectivity index (χ3n) is 1.33. The van der Waals surface area contributed by atoms with Crippen LogP contribution in [0, 0.1) is 0 Å². The van der Waals surface area contributed by atoms with Crippen molar-refractivity contribution < 1.29 is 0 Å². The van der Waals surface area contributed by atoms with Gasteiger partial charge in [0, 0.05) is 12.3 Å². The van der Waals surface area contributed by atoms with Gasteiger partial charge < -0.3 is 5.32 Å². The Morgan fingerprint density at radius 2 is 2.50 bits per heavy atom. The Bertz CT molecular complexity index is 247. The lowest BCUT2D eigenvalue weighted by molar-refractivity contribution is 0.987. The third kappa shape index (κ3) is 0.932. The molecule has 0 radical (unpaired) electrons. The molecule has 0 spiro atoms. The van der Waals surface area contributed by atoms with Crippen molar-refractivity contribution in [3.05, 3.63) is 4.60 Å². The molecule has 0 saturated heterocycles. The molecule has 1 aromatic rings. The quantitative estimate of drug-likeness (QED) is 0.698. The number of hydrogen-bond donors (Lipinski definition) is 2. The summed E-state index contributed by atoms with van der Waals surface area (Å²) in [6.07, 6.45) is 0. The first-order valence-corrected chi connectivity index (χ1v) is 4.76. The molecule has 3 nitrogen and oxygen atoms in total. The Morgan fingerprint density at radius 1 is 1.60 bits per heavy atom. The molecule has 10 heavy (non-hydrogen) atoms. The summed E-state index contributed by atoms with van der Waals surface area (Å²) in [5, 5.41) is 11.3. The lowest BCUT2D eigenvalue weighted by atomic mass is 10.5. The first-order valence-electron chi connectivity index (χ1n) is 2.98. The van der Waals surface area contributed by atoms with Gasteiger partial charge in [-0.15, -0.1) is 11.8 Å². The van der Waals surface area contributed by atoms with E-state index in [2.05, 4.69) is 31.4 Å². The zero-order valence-electron chi connectivity index (χ0n) is 5.15. The van der Waals surface area contributed by atoms with Gasteiger partial charge in [0.2, 0.25) is 0 Å². The Labute approximate surface area is 71.1 Å². The number of nitrogens with zero attached hydrogens (tertiary/aromatic N) is 1. The Hall–Kier alpha value is -0.160. The molecule has 0 aliphatic carbocycles. The van der Waals surface area contributed by atoms with Crippen molar-refractivity contribution in [2.24, 2.45) is 0 Å². The van der Waals surface area contributed by atoms with Crippen LogP contribution in [0.5, 0.6) is 0 Å². The minimum Gasteiger partial charge on any atom is -0.380 e. The van der Waals surface area contributed by atoms with Gasteiger partial charge in [-0.05, 0) is 15.9 Å². The number of nitrogens with one attached hydrogen (secondary N) is 2. The minimum atomic E-state index is 0.953. The summed E-state index contributed by atoms with van der Waals surface area (Å²) < 4.78 is 0.953. The second-order valence-electron chi connectivity index (χ2n) is 1.99. The molecule has 2 N–H and O–H groups in total. The molecule has 1 aliphatic rings. The number of aromatic amines is 1. The predicted molar refractivity (Wildman–Crippen MR) is 45.5 cm³/mol. The van der Waals surface area contributed by atoms with Gasteiger partial charge in [0.05, 0.1) is 0 Å². The van der Waals surface area contributed by atoms with Crippen LogP contribution in [-0.4, -0.2) is 22.5 Å². The third-order valence-corrected chi connectivity index (χ3v) is 2.88. The molecule has 0 fully saturated rings. The van der Waals surface area contributed by atoms with E-state index in [-0.39, 0.29) is 0 Å². The molecule has 0 atom stereocenters. The molecule has 1 aromatic heterocycles. The Kier molecular flexibility index (Phi) is 1.61. The summed E-state index contributed by atoms with van der Waals surface area (Å²) in [4.78, 5) is 0. The summed E-state index contributed by atoms with van der Waals surface area (Å²) in [5.41, 5.74) is 1.11. The second kappa shape index (κ2) is 2.47. The average Bonchev–Trinajstić information content (AvgIpc) is 2.34. The fourth-order valence-electron chi connectivity index (χ4n) is 0.887. The van der Waals surface area contributed by atoms with Gasteiger partial charge in [-0.3, -0.25) is 5.10 Å². The zero-order chi connectivity index (χ0) is 6.97. The monoisotopic (exact) mass is 219 g/mol. The van der Waals surface area contributed by atoms with E-state index in [4.69, 9.17) is 0 Å². The van der Waals surface area contributed by atoms with Gasteiger partial charge in [0.25, 0.3) is 0 Å². The van der Waals surface area contributed by atoms with Crippen LogP contribution < -0.4 is 5.32 Å². The van der Waals surface area contributed by atoms with E-state index in [9.17, 15) is 0 Å². The van der Waals surface area contributed by atoms with E-state index in [1.807, 2.05) is 0 Å². The Morgan fingerprint density at radius 3 is 3.30 bits per heavy atom. The van der Waals surface area contributed by atoms with Crippen LogP contribution in [0.3, 0.4) is 0 Å². The van der Waals surface area contributed by atoms with Gasteiger partial charge in [-0.2, -0.15) is 5.10 Å². The molecule has 0 bridgehead atoms. The maximum Gasteiger partial charge on any atom is 0.142 e. The number of aromatic nitrogens is 2. The van der Waals surface area contributed by atoms with Gasteiger partial charge >= 0.3 is 0 Å². The predicted octanol–water partition coefficient (Wildman–Crippen LogP) is 1.69. The van der Waals surface area contributed by atoms with E-state index >= 15 is 0 Å². The van der Waals surface area contributed by atoms with Gasteiger partial charge in [-0.25, -0.2) is 0 Å². The van der Waals surface area contributed by atoms with Gasteiger partial charge in [-0.1, -0.05) is 0 Å². The van der Waals surface area contributed by atoms with Gasteiger partial charge in [0.1, 0.15) is 15.3 Å². The van der Waals surface area contributed by atoms with E-state index in [0.29, 0.717) is 0 Å². The highest BCUT2D eigenvalue weighted by Crippen LogP contribution is 2.33. The first-order chi connectivity index (χ1) is 4.88. The molecule has 2 heterocycles. The molecule has 0 saturated carbocycles. The number of anilines is 1. The van der Waals surface area contributed by atoms with E-state index in [0.717, 1.165) is 27.6 Å². The highest BCUT2D eigenvalue weighted by molar-refractivity contribution is 9.10. The van der Waals surface area contributed by atoms with E-state index in [1.165, 1.54) is 0 Å². The highest BCUT2D eigenvalue weighted by Gasteiger charge is 2.14. The van der Waals surface area contributed by atoms with Crippen LogP contribution in [0.1, 0.15) is 0 Å². The molecular weight excluding hydrogens is 214 g/mol. The molecule has 0 amide bonds. The van der Waals surface area contributed by atoms with Crippen LogP contribution in [0.25, 0.3) is 0 Å². The van der Waals surface area contributed by atoms with E-state index in [1.54, 1.807) is 11.8 Å². The standard InChI is InChI=1S/C5H6BrN3S/c6-4-3-5(9-8-4)10-2-1-7-3/h7H,1-2H2,(H,8,9). The highest BCUT2D eigenvalue weighted by atomic mass is 79.9. The largest absolute Gasteiger partial charge is 0.380 e. The van der Waals surface area contributed by atoms with Crippen LogP contribution in [0.4, 0.5) is 5.69 Å². The molecule has 2 rings (SSSR count). The maximum absolute atomic E-state index is 4.08. The average molecular weight is 220 g/mol. The number of fused-ring (bicyclic) bond motifs is 1. The lowest BCUT2D eigenvalue weighted by Gasteiger charge is -2.10. The van der Waals surface area contributed by atoms with Crippen LogP contribution in [0.15, 0.2) is 9.63 Å². The number of hydrogen-bond acceptors (Lipinski definition) is 3. The fourth-order valence-corrected chi connectivity index (χ4v) is 2.26. The van der Waals surface area contributed by atoms with Crippen molar-refractivity contribution in [1.29, 1.82) is 0 Å². The molecular formula is C5H6BrN3S. The number of H-pyrrole nitrogens is 1. The normalized spacial score (nSPS) is 16.1. The first kappa shape index (κ1) is 6.54. The smallest absolute Gasteiger partial charge is 0.142 e. The van der Waals surface area contributed by atoms with Crippen LogP contribution in [-0.2, 0) is 0 Å². The van der Waals surface area contributed by atoms with Crippen molar-refractivity contribution in [3.8, 4) is 0 Å². The number of rotatable bonds is 0. The molecule has 0 unspecified atom stereocenters. The van der Waals surface area contributed by atoms with E-state index < -0.39 is 0 Å².